The third-order valence-corrected chi connectivity index (χ3v) is 3.91. The zero-order valence-electron chi connectivity index (χ0n) is 14.2. The average Bonchev–Trinajstić information content (AvgIpc) is 2.82. The van der Waals surface area contributed by atoms with Crippen molar-refractivity contribution in [3.63, 3.8) is 0 Å². The molecular formula is C17H21FN4O2. The first kappa shape index (κ1) is 17.7. The molecule has 0 bridgehead atoms. The molecule has 7 heteroatoms. The van der Waals surface area contributed by atoms with Crippen LogP contribution in [-0.4, -0.2) is 21.6 Å². The number of nitrogens with one attached hydrogen (secondary N) is 2. The Bertz CT molecular complexity index is 783. The molecule has 0 aliphatic heterocycles. The molecule has 0 atom stereocenters. The van der Waals surface area contributed by atoms with Gasteiger partial charge in [-0.2, -0.15) is 5.10 Å². The molecule has 2 N–H and O–H groups in total. The quantitative estimate of drug-likeness (QED) is 0.843. The highest BCUT2D eigenvalue weighted by Crippen LogP contribution is 2.16. The molecule has 0 saturated carbocycles. The summed E-state index contributed by atoms with van der Waals surface area (Å²) in [5, 5.41) is 9.36. The Morgan fingerprint density at radius 1 is 1.21 bits per heavy atom. The van der Waals surface area contributed by atoms with Crippen LogP contribution in [0.3, 0.4) is 0 Å². The van der Waals surface area contributed by atoms with Crippen molar-refractivity contribution in [2.24, 2.45) is 0 Å². The van der Waals surface area contributed by atoms with E-state index in [1.165, 1.54) is 18.2 Å². The van der Waals surface area contributed by atoms with Crippen LogP contribution in [0.15, 0.2) is 18.2 Å². The van der Waals surface area contributed by atoms with Crippen LogP contribution in [0.1, 0.15) is 29.4 Å². The minimum Gasteiger partial charge on any atom is -0.344 e. The first-order chi connectivity index (χ1) is 11.3. The van der Waals surface area contributed by atoms with Gasteiger partial charge in [0.1, 0.15) is 5.82 Å². The van der Waals surface area contributed by atoms with Gasteiger partial charge in [0.2, 0.25) is 0 Å². The zero-order valence-corrected chi connectivity index (χ0v) is 14.2. The lowest BCUT2D eigenvalue weighted by Crippen LogP contribution is -2.35. The lowest BCUT2D eigenvalue weighted by atomic mass is 10.2. The molecule has 24 heavy (non-hydrogen) atoms. The second-order valence-electron chi connectivity index (χ2n) is 5.56. The van der Waals surface area contributed by atoms with E-state index in [4.69, 9.17) is 0 Å². The predicted octanol–water partition coefficient (Wildman–Crippen LogP) is 2.22. The van der Waals surface area contributed by atoms with Gasteiger partial charge in [0.15, 0.2) is 0 Å². The smallest absolute Gasteiger partial charge is 0.313 e. The molecule has 0 unspecified atom stereocenters. The number of halogens is 1. The van der Waals surface area contributed by atoms with E-state index in [0.717, 1.165) is 23.5 Å². The van der Waals surface area contributed by atoms with Crippen LogP contribution in [-0.2, 0) is 22.7 Å². The summed E-state index contributed by atoms with van der Waals surface area (Å²) in [5.41, 5.74) is 3.61. The number of anilines is 1. The Kier molecular flexibility index (Phi) is 5.33. The molecule has 128 valence electrons. The van der Waals surface area contributed by atoms with E-state index in [1.54, 1.807) is 6.92 Å². The van der Waals surface area contributed by atoms with E-state index in [9.17, 15) is 14.0 Å². The summed E-state index contributed by atoms with van der Waals surface area (Å²) in [7, 11) is 0. The maximum Gasteiger partial charge on any atom is 0.313 e. The number of benzene rings is 1. The molecule has 0 saturated heterocycles. The highest BCUT2D eigenvalue weighted by molar-refractivity contribution is 6.39. The third-order valence-electron chi connectivity index (χ3n) is 3.91. The summed E-state index contributed by atoms with van der Waals surface area (Å²) in [6.45, 7) is 8.43. The first-order valence-electron chi connectivity index (χ1n) is 7.71. The predicted molar refractivity (Wildman–Crippen MR) is 89.0 cm³/mol. The van der Waals surface area contributed by atoms with Gasteiger partial charge < -0.3 is 10.6 Å². The van der Waals surface area contributed by atoms with Crippen LogP contribution in [0.25, 0.3) is 0 Å². The number of hydrogen-bond acceptors (Lipinski definition) is 3. The Balaban J connectivity index is 2.01. The summed E-state index contributed by atoms with van der Waals surface area (Å²) in [5.74, 6) is -2.09. The molecule has 1 heterocycles. The van der Waals surface area contributed by atoms with Gasteiger partial charge in [-0.15, -0.1) is 0 Å². The number of aromatic nitrogens is 2. The lowest BCUT2D eigenvalue weighted by Gasteiger charge is -2.09. The Morgan fingerprint density at radius 3 is 2.54 bits per heavy atom. The molecule has 0 radical (unpaired) electrons. The van der Waals surface area contributed by atoms with Crippen LogP contribution in [0, 0.1) is 26.6 Å². The number of aryl methyl sites for hydroxylation is 3. The van der Waals surface area contributed by atoms with Crippen molar-refractivity contribution in [1.82, 2.24) is 15.1 Å². The van der Waals surface area contributed by atoms with Gasteiger partial charge in [-0.05, 0) is 45.4 Å². The molecule has 0 fully saturated rings. The van der Waals surface area contributed by atoms with E-state index in [2.05, 4.69) is 15.7 Å². The van der Waals surface area contributed by atoms with Gasteiger partial charge in [-0.25, -0.2) is 4.39 Å². The van der Waals surface area contributed by atoms with E-state index >= 15 is 0 Å². The molecule has 1 aromatic carbocycles. The van der Waals surface area contributed by atoms with Gasteiger partial charge in [0.25, 0.3) is 0 Å². The normalized spacial score (nSPS) is 10.5. The molecular weight excluding hydrogens is 311 g/mol. The minimum absolute atomic E-state index is 0.214. The third kappa shape index (κ3) is 3.79. The molecule has 0 spiro atoms. The first-order valence-corrected chi connectivity index (χ1v) is 7.71. The maximum atomic E-state index is 13.2. The van der Waals surface area contributed by atoms with Crippen LogP contribution in [0.4, 0.5) is 10.1 Å². The van der Waals surface area contributed by atoms with Crippen LogP contribution >= 0.6 is 0 Å². The Morgan fingerprint density at radius 2 is 1.92 bits per heavy atom. The molecule has 0 aliphatic rings. The standard InChI is InChI=1S/C17H21FN4O2/c1-5-22-12(4)14(11(3)21-22)9-19-16(23)17(24)20-15-8-13(18)7-6-10(15)2/h6-8H,5,9H2,1-4H3,(H,19,23)(H,20,24). The second kappa shape index (κ2) is 7.25. The van der Waals surface area contributed by atoms with Crippen molar-refractivity contribution in [2.75, 3.05) is 5.32 Å². The SMILES string of the molecule is CCn1nc(C)c(CNC(=O)C(=O)Nc2cc(F)ccc2C)c1C. The van der Waals surface area contributed by atoms with Crippen molar-refractivity contribution in [1.29, 1.82) is 0 Å². The molecule has 2 rings (SSSR count). The van der Waals surface area contributed by atoms with E-state index < -0.39 is 17.6 Å². The van der Waals surface area contributed by atoms with Crippen molar-refractivity contribution >= 4 is 17.5 Å². The fourth-order valence-corrected chi connectivity index (χ4v) is 2.45. The highest BCUT2D eigenvalue weighted by Gasteiger charge is 2.17. The Hall–Kier alpha value is -2.70. The van der Waals surface area contributed by atoms with Crippen LogP contribution in [0.2, 0.25) is 0 Å². The number of carbonyl (C=O) groups excluding carboxylic acids is 2. The van der Waals surface area contributed by atoms with Gasteiger partial charge in [-0.1, -0.05) is 6.07 Å². The van der Waals surface area contributed by atoms with Gasteiger partial charge in [-0.3, -0.25) is 14.3 Å². The molecule has 6 nitrogen and oxygen atoms in total. The van der Waals surface area contributed by atoms with E-state index in [-0.39, 0.29) is 12.2 Å². The second-order valence-corrected chi connectivity index (χ2v) is 5.56. The number of rotatable bonds is 4. The molecule has 0 aliphatic carbocycles. The van der Waals surface area contributed by atoms with Crippen molar-refractivity contribution < 1.29 is 14.0 Å². The summed E-state index contributed by atoms with van der Waals surface area (Å²) in [6.07, 6.45) is 0. The zero-order chi connectivity index (χ0) is 17.9. The summed E-state index contributed by atoms with van der Waals surface area (Å²) < 4.78 is 15.1. The monoisotopic (exact) mass is 332 g/mol. The van der Waals surface area contributed by atoms with E-state index in [1.807, 2.05) is 25.5 Å². The maximum absolute atomic E-state index is 13.2. The topological polar surface area (TPSA) is 76.0 Å². The van der Waals surface area contributed by atoms with Crippen molar-refractivity contribution in [3.8, 4) is 0 Å². The van der Waals surface area contributed by atoms with Gasteiger partial charge in [0.05, 0.1) is 5.69 Å². The Labute approximate surface area is 140 Å². The largest absolute Gasteiger partial charge is 0.344 e. The van der Waals surface area contributed by atoms with Gasteiger partial charge in [0, 0.05) is 30.0 Å². The van der Waals surface area contributed by atoms with Gasteiger partial charge >= 0.3 is 11.8 Å². The number of carbonyl (C=O) groups is 2. The fraction of sp³-hybridized carbons (Fsp3) is 0.353. The van der Waals surface area contributed by atoms with Crippen molar-refractivity contribution in [3.05, 3.63) is 46.5 Å². The molecule has 2 amide bonds. The fourth-order valence-electron chi connectivity index (χ4n) is 2.45. The summed E-state index contributed by atoms with van der Waals surface area (Å²) in [6, 6.07) is 4.01. The number of amides is 2. The molecule has 2 aromatic rings. The summed E-state index contributed by atoms with van der Waals surface area (Å²) >= 11 is 0. The van der Waals surface area contributed by atoms with Crippen molar-refractivity contribution in [2.45, 2.75) is 40.8 Å². The number of nitrogens with zero attached hydrogens (tertiary/aromatic N) is 2. The minimum atomic E-state index is -0.832. The molecule has 1 aromatic heterocycles. The summed E-state index contributed by atoms with van der Waals surface area (Å²) in [4.78, 5) is 23.9. The lowest BCUT2D eigenvalue weighted by molar-refractivity contribution is -0.136. The van der Waals surface area contributed by atoms with E-state index in [0.29, 0.717) is 5.56 Å². The van der Waals surface area contributed by atoms with Crippen LogP contribution in [0.5, 0.6) is 0 Å². The highest BCUT2D eigenvalue weighted by atomic mass is 19.1. The number of hydrogen-bond donors (Lipinski definition) is 2. The average molecular weight is 332 g/mol. The van der Waals surface area contributed by atoms with Crippen LogP contribution < -0.4 is 10.6 Å².